The molecule has 0 spiro atoms. The Morgan fingerprint density at radius 3 is 2.50 bits per heavy atom. The molecule has 1 unspecified atom stereocenters. The van der Waals surface area contributed by atoms with Crippen LogP contribution >= 0.6 is 0 Å². The highest BCUT2D eigenvalue weighted by atomic mass is 32.3. The smallest absolute Gasteiger partial charge is 0.247 e. The first-order chi connectivity index (χ1) is 9.18. The fourth-order valence-electron chi connectivity index (χ4n) is 1.26. The van der Waals surface area contributed by atoms with Crippen LogP contribution in [0, 0.1) is 0 Å². The molecular formula is C10H17N3O6S. The van der Waals surface area contributed by atoms with Crippen LogP contribution in [0.25, 0.3) is 0 Å². The molecule has 1 amide bonds. The molecule has 10 heteroatoms. The molecule has 114 valence electrons. The Bertz CT molecular complexity index is 501. The third-order valence-electron chi connectivity index (χ3n) is 2.34. The number of nitrogens with zero attached hydrogens (tertiary/aromatic N) is 1. The molecule has 0 fully saturated rings. The van der Waals surface area contributed by atoms with Crippen molar-refractivity contribution in [3.05, 3.63) is 12.7 Å². The summed E-state index contributed by atoms with van der Waals surface area (Å²) in [5, 5.41) is 5.53. The number of carbonyl (C=O) groups excluding carboxylic acids is 2. The van der Waals surface area contributed by atoms with E-state index in [1.54, 1.807) is 17.8 Å². The van der Waals surface area contributed by atoms with Crippen LogP contribution in [0.3, 0.4) is 0 Å². The molecule has 1 aliphatic rings. The summed E-state index contributed by atoms with van der Waals surface area (Å²) in [7, 11) is -3.60. The van der Waals surface area contributed by atoms with Crippen molar-refractivity contribution in [3.8, 4) is 0 Å². The summed E-state index contributed by atoms with van der Waals surface area (Å²) in [6.07, 6.45) is 3.54. The highest BCUT2D eigenvalue weighted by molar-refractivity contribution is 7.80. The average Bonchev–Trinajstić information content (AvgIpc) is 2.93. The van der Waals surface area contributed by atoms with Gasteiger partial charge in [0.15, 0.2) is 6.29 Å². The van der Waals surface area contributed by atoms with Crippen LogP contribution < -0.4 is 10.6 Å². The van der Waals surface area contributed by atoms with E-state index in [4.69, 9.17) is 0 Å². The molecule has 0 aromatic heterocycles. The van der Waals surface area contributed by atoms with Crippen LogP contribution in [0.15, 0.2) is 12.7 Å². The third kappa shape index (κ3) is 6.41. The SMILES string of the molecule is C=CC(=O)NC(C)(C=O)[N+]1=CNCC1.COS(=O)(=O)[O-]. The number of aldehydes is 1. The minimum Gasteiger partial charge on any atom is -0.726 e. The van der Waals surface area contributed by atoms with Crippen molar-refractivity contribution in [2.45, 2.75) is 12.6 Å². The highest BCUT2D eigenvalue weighted by Gasteiger charge is 2.34. The molecule has 2 N–H and O–H groups in total. The minimum absolute atomic E-state index is 0.361. The maximum absolute atomic E-state index is 11.1. The van der Waals surface area contributed by atoms with Gasteiger partial charge in [0.25, 0.3) is 0 Å². The number of amides is 1. The van der Waals surface area contributed by atoms with E-state index in [2.05, 4.69) is 21.4 Å². The predicted molar refractivity (Wildman–Crippen MR) is 68.7 cm³/mol. The van der Waals surface area contributed by atoms with E-state index >= 15 is 0 Å². The first-order valence-electron chi connectivity index (χ1n) is 5.44. The summed E-state index contributed by atoms with van der Waals surface area (Å²) >= 11 is 0. The van der Waals surface area contributed by atoms with Crippen molar-refractivity contribution < 1.29 is 31.3 Å². The van der Waals surface area contributed by atoms with E-state index in [-0.39, 0.29) is 5.91 Å². The first-order valence-corrected chi connectivity index (χ1v) is 6.77. The summed E-state index contributed by atoms with van der Waals surface area (Å²) in [6, 6.07) is 0. The van der Waals surface area contributed by atoms with Crippen LogP contribution in [0.4, 0.5) is 0 Å². The number of nitrogens with one attached hydrogen (secondary N) is 2. The van der Waals surface area contributed by atoms with Gasteiger partial charge in [-0.05, 0) is 6.08 Å². The highest BCUT2D eigenvalue weighted by Crippen LogP contribution is 2.03. The lowest BCUT2D eigenvalue weighted by Gasteiger charge is -2.22. The van der Waals surface area contributed by atoms with Gasteiger partial charge >= 0.3 is 0 Å². The molecule has 0 radical (unpaired) electrons. The Morgan fingerprint density at radius 2 is 2.20 bits per heavy atom. The molecule has 0 aliphatic carbocycles. The molecule has 9 nitrogen and oxygen atoms in total. The summed E-state index contributed by atoms with van der Waals surface area (Å²) in [6.45, 7) is 6.44. The molecule has 0 saturated carbocycles. The molecular weight excluding hydrogens is 290 g/mol. The lowest BCUT2D eigenvalue weighted by molar-refractivity contribution is -0.579. The molecule has 20 heavy (non-hydrogen) atoms. The monoisotopic (exact) mass is 307 g/mol. The summed E-state index contributed by atoms with van der Waals surface area (Å²) in [5.41, 5.74) is -0.991. The van der Waals surface area contributed by atoms with Gasteiger partial charge in [-0.25, -0.2) is 13.0 Å². The van der Waals surface area contributed by atoms with E-state index in [1.807, 2.05) is 0 Å². The standard InChI is InChI=1S/C9H13N3O2.CH4O4S/c1-3-8(14)11-9(2,6-13)12-5-4-10-7-12;1-5-6(2,3)4/h3,6-7H,1,4-5H2,2H3,(H,11,14);1H3,(H,2,3,4). The van der Waals surface area contributed by atoms with E-state index in [1.165, 1.54) is 0 Å². The maximum Gasteiger partial charge on any atom is 0.247 e. The largest absolute Gasteiger partial charge is 0.726 e. The molecule has 1 heterocycles. The molecule has 0 aromatic rings. The topological polar surface area (TPSA) is 128 Å². The van der Waals surface area contributed by atoms with Gasteiger partial charge in [0.1, 0.15) is 13.1 Å². The fourth-order valence-corrected chi connectivity index (χ4v) is 1.26. The van der Waals surface area contributed by atoms with Gasteiger partial charge in [0.05, 0.1) is 7.11 Å². The van der Waals surface area contributed by atoms with Crippen molar-refractivity contribution >= 4 is 28.9 Å². The average molecular weight is 307 g/mol. The van der Waals surface area contributed by atoms with Gasteiger partial charge in [-0.2, -0.15) is 0 Å². The van der Waals surface area contributed by atoms with Crippen molar-refractivity contribution in [3.63, 3.8) is 0 Å². The Morgan fingerprint density at radius 1 is 1.65 bits per heavy atom. The normalized spacial score (nSPS) is 16.6. The van der Waals surface area contributed by atoms with E-state index in [9.17, 15) is 22.6 Å². The van der Waals surface area contributed by atoms with Crippen LogP contribution in [-0.2, 0) is 24.2 Å². The molecule has 1 aliphatic heterocycles. The number of hydrogen-bond donors (Lipinski definition) is 2. The Hall–Kier alpha value is -1.78. The number of hydrogen-bond acceptors (Lipinski definition) is 7. The quantitative estimate of drug-likeness (QED) is 0.196. The lowest BCUT2D eigenvalue weighted by atomic mass is 10.2. The van der Waals surface area contributed by atoms with Crippen molar-refractivity contribution in [2.75, 3.05) is 20.2 Å². The van der Waals surface area contributed by atoms with Gasteiger partial charge in [0, 0.05) is 6.92 Å². The Labute approximate surface area is 117 Å². The van der Waals surface area contributed by atoms with Gasteiger partial charge in [-0.1, -0.05) is 6.58 Å². The zero-order chi connectivity index (χ0) is 15.8. The van der Waals surface area contributed by atoms with Crippen LogP contribution in [0.1, 0.15) is 6.92 Å². The maximum atomic E-state index is 11.1. The minimum atomic E-state index is -4.41. The van der Waals surface area contributed by atoms with Crippen molar-refractivity contribution in [2.24, 2.45) is 0 Å². The van der Waals surface area contributed by atoms with E-state index in [0.717, 1.165) is 19.7 Å². The second-order valence-corrected chi connectivity index (χ2v) is 4.96. The van der Waals surface area contributed by atoms with Gasteiger partial charge in [-0.15, -0.1) is 0 Å². The molecule has 0 bridgehead atoms. The molecule has 1 rings (SSSR count). The molecule has 0 saturated heterocycles. The van der Waals surface area contributed by atoms with Crippen LogP contribution in [-0.4, -0.2) is 61.9 Å². The Kier molecular flexibility index (Phi) is 7.04. The van der Waals surface area contributed by atoms with E-state index in [0.29, 0.717) is 12.8 Å². The first kappa shape index (κ1) is 18.2. The van der Waals surface area contributed by atoms with Gasteiger partial charge in [0.2, 0.25) is 28.3 Å². The fraction of sp³-hybridized carbons (Fsp3) is 0.500. The van der Waals surface area contributed by atoms with Crippen molar-refractivity contribution in [1.29, 1.82) is 0 Å². The second-order valence-electron chi connectivity index (χ2n) is 3.81. The second kappa shape index (κ2) is 7.72. The van der Waals surface area contributed by atoms with E-state index < -0.39 is 16.1 Å². The zero-order valence-electron chi connectivity index (χ0n) is 11.2. The summed E-state index contributed by atoms with van der Waals surface area (Å²) in [5.74, 6) is -0.361. The zero-order valence-corrected chi connectivity index (χ0v) is 12.0. The number of carbonyl (C=O) groups is 2. The van der Waals surface area contributed by atoms with Gasteiger partial charge < -0.3 is 9.87 Å². The van der Waals surface area contributed by atoms with Crippen LogP contribution in [0.2, 0.25) is 0 Å². The molecule has 0 aromatic carbocycles. The summed E-state index contributed by atoms with van der Waals surface area (Å²) in [4.78, 5) is 22.0. The van der Waals surface area contributed by atoms with Crippen molar-refractivity contribution in [1.82, 2.24) is 10.6 Å². The summed E-state index contributed by atoms with van der Waals surface area (Å²) < 4.78 is 32.8. The molecule has 1 atom stereocenters. The van der Waals surface area contributed by atoms with Crippen LogP contribution in [0.5, 0.6) is 0 Å². The number of rotatable bonds is 5. The predicted octanol–water partition coefficient (Wildman–Crippen LogP) is -2.06. The third-order valence-corrected chi connectivity index (χ3v) is 2.74. The Balaban J connectivity index is 0.000000511. The van der Waals surface area contributed by atoms with Gasteiger partial charge in [-0.3, -0.25) is 19.1 Å². The lowest BCUT2D eigenvalue weighted by Crippen LogP contribution is -2.55.